The lowest BCUT2D eigenvalue weighted by atomic mass is 10.2. The quantitative estimate of drug-likeness (QED) is 0.588. The molecule has 0 aliphatic heterocycles. The largest absolute Gasteiger partial charge is 0.480 e. The highest BCUT2D eigenvalue weighted by Gasteiger charge is 2.31. The van der Waals surface area contributed by atoms with Gasteiger partial charge in [0.15, 0.2) is 0 Å². The first-order chi connectivity index (χ1) is 11.4. The molecule has 1 aromatic rings. The van der Waals surface area contributed by atoms with Crippen LogP contribution in [0.2, 0.25) is 0 Å². The van der Waals surface area contributed by atoms with E-state index < -0.39 is 44.6 Å². The van der Waals surface area contributed by atoms with Crippen LogP contribution in [0.3, 0.4) is 0 Å². The van der Waals surface area contributed by atoms with Crippen LogP contribution in [-0.2, 0) is 25.8 Å². The molecule has 0 spiro atoms. The second kappa shape index (κ2) is 8.30. The van der Waals surface area contributed by atoms with Gasteiger partial charge in [-0.2, -0.15) is 13.2 Å². The molecule has 1 amide bonds. The molecule has 0 aliphatic rings. The Balaban J connectivity index is 2.57. The molecule has 0 aromatic heterocycles. The standard InChI is InChI=1S/C14H17F3N2O5S/c1-9(13(21)22)19-12(20)6-3-7-18-25(23,24)11-5-2-4-10(8-11)14(15,16)17/h2,4-5,8-9,18H,3,6-7H2,1H3,(H,19,20)(H,21,22). The number of halogens is 3. The van der Waals surface area contributed by atoms with E-state index in [2.05, 4.69) is 10.0 Å². The van der Waals surface area contributed by atoms with Gasteiger partial charge in [-0.15, -0.1) is 0 Å². The van der Waals surface area contributed by atoms with E-state index in [0.717, 1.165) is 18.2 Å². The van der Waals surface area contributed by atoms with Crippen LogP contribution in [0.4, 0.5) is 13.2 Å². The van der Waals surface area contributed by atoms with Gasteiger partial charge < -0.3 is 10.4 Å². The predicted molar refractivity (Wildman–Crippen MR) is 81.1 cm³/mol. The van der Waals surface area contributed by atoms with E-state index >= 15 is 0 Å². The third-order valence-electron chi connectivity index (χ3n) is 3.09. The Hall–Kier alpha value is -2.14. The zero-order valence-corrected chi connectivity index (χ0v) is 13.9. The fourth-order valence-corrected chi connectivity index (χ4v) is 2.87. The number of hydrogen-bond acceptors (Lipinski definition) is 4. The molecule has 1 unspecified atom stereocenters. The lowest BCUT2D eigenvalue weighted by Gasteiger charge is -2.11. The van der Waals surface area contributed by atoms with Crippen molar-refractivity contribution in [2.75, 3.05) is 6.54 Å². The van der Waals surface area contributed by atoms with Gasteiger partial charge in [0, 0.05) is 13.0 Å². The monoisotopic (exact) mass is 382 g/mol. The van der Waals surface area contributed by atoms with E-state index in [-0.39, 0.29) is 19.4 Å². The molecule has 0 saturated heterocycles. The highest BCUT2D eigenvalue weighted by molar-refractivity contribution is 7.89. The van der Waals surface area contributed by atoms with Gasteiger partial charge in [-0.1, -0.05) is 6.07 Å². The molecule has 0 radical (unpaired) electrons. The summed E-state index contributed by atoms with van der Waals surface area (Å²) in [5, 5.41) is 10.8. The lowest BCUT2D eigenvalue weighted by Crippen LogP contribution is -2.38. The summed E-state index contributed by atoms with van der Waals surface area (Å²) in [4.78, 5) is 21.5. The Kier molecular flexibility index (Phi) is 6.94. The summed E-state index contributed by atoms with van der Waals surface area (Å²) >= 11 is 0. The van der Waals surface area contributed by atoms with Gasteiger partial charge in [-0.05, 0) is 31.5 Å². The number of amides is 1. The number of nitrogens with one attached hydrogen (secondary N) is 2. The van der Waals surface area contributed by atoms with Crippen molar-refractivity contribution in [1.82, 2.24) is 10.0 Å². The molecular weight excluding hydrogens is 365 g/mol. The number of carbonyl (C=O) groups excluding carboxylic acids is 1. The highest BCUT2D eigenvalue weighted by atomic mass is 32.2. The molecule has 140 valence electrons. The van der Waals surface area contributed by atoms with Gasteiger partial charge in [-0.3, -0.25) is 9.59 Å². The fourth-order valence-electron chi connectivity index (χ4n) is 1.75. The molecule has 11 heteroatoms. The van der Waals surface area contributed by atoms with E-state index in [9.17, 15) is 31.2 Å². The molecule has 1 aromatic carbocycles. The van der Waals surface area contributed by atoms with E-state index in [1.54, 1.807) is 0 Å². The van der Waals surface area contributed by atoms with Crippen LogP contribution < -0.4 is 10.0 Å². The second-order valence-corrected chi connectivity index (χ2v) is 6.92. The Bertz CT molecular complexity index is 734. The Morgan fingerprint density at radius 1 is 1.28 bits per heavy atom. The van der Waals surface area contributed by atoms with Gasteiger partial charge >= 0.3 is 12.1 Å². The van der Waals surface area contributed by atoms with Crippen molar-refractivity contribution in [3.63, 3.8) is 0 Å². The van der Waals surface area contributed by atoms with E-state index in [0.29, 0.717) is 6.07 Å². The maximum Gasteiger partial charge on any atom is 0.416 e. The third-order valence-corrected chi connectivity index (χ3v) is 4.55. The van der Waals surface area contributed by atoms with Crippen LogP contribution in [0.25, 0.3) is 0 Å². The first-order valence-electron chi connectivity index (χ1n) is 7.12. The van der Waals surface area contributed by atoms with Gasteiger partial charge in [0.2, 0.25) is 15.9 Å². The smallest absolute Gasteiger partial charge is 0.416 e. The number of sulfonamides is 1. The molecule has 1 rings (SSSR count). The summed E-state index contributed by atoms with van der Waals surface area (Å²) < 4.78 is 63.9. The van der Waals surface area contributed by atoms with Crippen LogP contribution >= 0.6 is 0 Å². The zero-order valence-electron chi connectivity index (χ0n) is 13.1. The SMILES string of the molecule is CC(NC(=O)CCCNS(=O)(=O)c1cccc(C(F)(F)F)c1)C(=O)O. The number of alkyl halides is 3. The number of carbonyl (C=O) groups is 2. The van der Waals surface area contributed by atoms with E-state index in [1.165, 1.54) is 6.92 Å². The molecule has 25 heavy (non-hydrogen) atoms. The molecular formula is C14H17F3N2O5S. The van der Waals surface area contributed by atoms with Crippen molar-refractivity contribution in [2.45, 2.75) is 36.9 Å². The number of hydrogen-bond donors (Lipinski definition) is 3. The van der Waals surface area contributed by atoms with E-state index in [4.69, 9.17) is 5.11 Å². The molecule has 7 nitrogen and oxygen atoms in total. The molecule has 1 atom stereocenters. The Morgan fingerprint density at radius 3 is 2.48 bits per heavy atom. The Labute approximate surface area is 142 Å². The van der Waals surface area contributed by atoms with Crippen LogP contribution in [0.1, 0.15) is 25.3 Å². The molecule has 0 bridgehead atoms. The number of benzene rings is 1. The van der Waals surface area contributed by atoms with Gasteiger partial charge in [0.25, 0.3) is 0 Å². The van der Waals surface area contributed by atoms with Crippen molar-refractivity contribution in [3.05, 3.63) is 29.8 Å². The summed E-state index contributed by atoms with van der Waals surface area (Å²) in [7, 11) is -4.15. The minimum absolute atomic E-state index is 0.0519. The zero-order chi connectivity index (χ0) is 19.3. The maximum atomic E-state index is 12.6. The van der Waals surface area contributed by atoms with Crippen LogP contribution in [-0.4, -0.2) is 38.0 Å². The van der Waals surface area contributed by atoms with Crippen molar-refractivity contribution < 1.29 is 36.3 Å². The van der Waals surface area contributed by atoms with Crippen molar-refractivity contribution in [1.29, 1.82) is 0 Å². The van der Waals surface area contributed by atoms with Crippen molar-refractivity contribution in [2.24, 2.45) is 0 Å². The molecule has 3 N–H and O–H groups in total. The average Bonchev–Trinajstić information content (AvgIpc) is 2.50. The van der Waals surface area contributed by atoms with Gasteiger partial charge in [0.1, 0.15) is 6.04 Å². The number of carboxylic acids is 1. The normalized spacial score (nSPS) is 13.3. The summed E-state index contributed by atoms with van der Waals surface area (Å²) in [5.74, 6) is -1.79. The van der Waals surface area contributed by atoms with Crippen LogP contribution in [0.15, 0.2) is 29.2 Å². The third kappa shape index (κ3) is 6.70. The topological polar surface area (TPSA) is 113 Å². The second-order valence-electron chi connectivity index (χ2n) is 5.15. The molecule has 0 heterocycles. The minimum Gasteiger partial charge on any atom is -0.480 e. The average molecular weight is 382 g/mol. The number of aliphatic carboxylic acids is 1. The van der Waals surface area contributed by atoms with Gasteiger partial charge in [0.05, 0.1) is 10.5 Å². The molecule has 0 saturated carbocycles. The first-order valence-corrected chi connectivity index (χ1v) is 8.61. The fraction of sp³-hybridized carbons (Fsp3) is 0.429. The van der Waals surface area contributed by atoms with Crippen molar-refractivity contribution >= 4 is 21.9 Å². The summed E-state index contributed by atoms with van der Waals surface area (Å²) in [6, 6.07) is 2.21. The first kappa shape index (κ1) is 20.9. The maximum absolute atomic E-state index is 12.6. The predicted octanol–water partition coefficient (Wildman–Crippen LogP) is 1.35. The summed E-state index contributed by atoms with van der Waals surface area (Å²) in [6.07, 6.45) is -4.75. The minimum atomic E-state index is -4.66. The highest BCUT2D eigenvalue weighted by Crippen LogP contribution is 2.30. The van der Waals surface area contributed by atoms with Gasteiger partial charge in [-0.25, -0.2) is 13.1 Å². The molecule has 0 fully saturated rings. The van der Waals surface area contributed by atoms with E-state index in [1.807, 2.05) is 0 Å². The summed E-state index contributed by atoms with van der Waals surface area (Å²) in [5.41, 5.74) is -1.09. The van der Waals surface area contributed by atoms with Crippen molar-refractivity contribution in [3.8, 4) is 0 Å². The molecule has 0 aliphatic carbocycles. The van der Waals surface area contributed by atoms with Crippen LogP contribution in [0, 0.1) is 0 Å². The number of carboxylic acid groups (broad SMARTS) is 1. The summed E-state index contributed by atoms with van der Waals surface area (Å²) in [6.45, 7) is 1.09. The number of rotatable bonds is 8. The van der Waals surface area contributed by atoms with Crippen LogP contribution in [0.5, 0.6) is 0 Å². The Morgan fingerprint density at radius 2 is 1.92 bits per heavy atom. The lowest BCUT2D eigenvalue weighted by molar-refractivity contribution is -0.141.